The fourth-order valence-electron chi connectivity index (χ4n) is 1.59. The third kappa shape index (κ3) is 3.14. The van der Waals surface area contributed by atoms with Crippen LogP contribution in [0.4, 0.5) is 10.1 Å². The molecule has 0 bridgehead atoms. The van der Waals surface area contributed by atoms with Crippen molar-refractivity contribution < 1.29 is 9.13 Å². The van der Waals surface area contributed by atoms with Gasteiger partial charge in [-0.2, -0.15) is 0 Å². The van der Waals surface area contributed by atoms with E-state index in [0.717, 1.165) is 11.3 Å². The van der Waals surface area contributed by atoms with Crippen LogP contribution < -0.4 is 10.1 Å². The first-order valence-corrected chi connectivity index (χ1v) is 5.88. The zero-order valence-corrected chi connectivity index (χ0v) is 10.7. The monoisotopic (exact) mass is 265 g/mol. The highest BCUT2D eigenvalue weighted by atomic mass is 35.5. The van der Waals surface area contributed by atoms with Gasteiger partial charge in [0.15, 0.2) is 0 Å². The molecule has 0 radical (unpaired) electrons. The van der Waals surface area contributed by atoms with Gasteiger partial charge in [-0.05, 0) is 42.0 Å². The zero-order valence-electron chi connectivity index (χ0n) is 9.91. The van der Waals surface area contributed by atoms with E-state index in [-0.39, 0.29) is 5.82 Å². The van der Waals surface area contributed by atoms with Crippen molar-refractivity contribution >= 4 is 17.3 Å². The SMILES string of the molecule is COc1ccc(CNc2ccc(F)cc2)cc1Cl. The van der Waals surface area contributed by atoms with Crippen LogP contribution in [0.15, 0.2) is 42.5 Å². The predicted molar refractivity (Wildman–Crippen MR) is 71.7 cm³/mol. The summed E-state index contributed by atoms with van der Waals surface area (Å²) >= 11 is 6.03. The van der Waals surface area contributed by atoms with Gasteiger partial charge >= 0.3 is 0 Å². The molecule has 0 aliphatic rings. The van der Waals surface area contributed by atoms with Crippen LogP contribution >= 0.6 is 11.6 Å². The summed E-state index contributed by atoms with van der Waals surface area (Å²) in [7, 11) is 1.58. The molecule has 2 aromatic carbocycles. The number of hydrogen-bond acceptors (Lipinski definition) is 2. The topological polar surface area (TPSA) is 21.3 Å². The molecular weight excluding hydrogens is 253 g/mol. The minimum absolute atomic E-state index is 0.243. The molecule has 0 fully saturated rings. The summed E-state index contributed by atoms with van der Waals surface area (Å²) in [5.41, 5.74) is 1.90. The van der Waals surface area contributed by atoms with E-state index < -0.39 is 0 Å². The third-order valence-corrected chi connectivity index (χ3v) is 2.85. The van der Waals surface area contributed by atoms with Crippen LogP contribution in [0.25, 0.3) is 0 Å². The van der Waals surface area contributed by atoms with Gasteiger partial charge in [0.1, 0.15) is 11.6 Å². The Labute approximate surface area is 110 Å². The van der Waals surface area contributed by atoms with E-state index in [0.29, 0.717) is 17.3 Å². The van der Waals surface area contributed by atoms with E-state index in [9.17, 15) is 4.39 Å². The largest absolute Gasteiger partial charge is 0.495 e. The average molecular weight is 266 g/mol. The van der Waals surface area contributed by atoms with Crippen molar-refractivity contribution in [1.82, 2.24) is 0 Å². The van der Waals surface area contributed by atoms with Crippen LogP contribution in [-0.4, -0.2) is 7.11 Å². The second-order valence-corrected chi connectivity index (χ2v) is 4.24. The van der Waals surface area contributed by atoms with Gasteiger partial charge in [0.2, 0.25) is 0 Å². The second kappa shape index (κ2) is 5.74. The van der Waals surface area contributed by atoms with Crippen molar-refractivity contribution in [2.75, 3.05) is 12.4 Å². The van der Waals surface area contributed by atoms with Gasteiger partial charge in [0, 0.05) is 12.2 Å². The van der Waals surface area contributed by atoms with Crippen molar-refractivity contribution in [3.05, 3.63) is 58.9 Å². The third-order valence-electron chi connectivity index (χ3n) is 2.56. The van der Waals surface area contributed by atoms with Gasteiger partial charge in [0.25, 0.3) is 0 Å². The van der Waals surface area contributed by atoms with E-state index in [4.69, 9.17) is 16.3 Å². The Morgan fingerprint density at radius 2 is 1.89 bits per heavy atom. The number of ether oxygens (including phenoxy) is 1. The minimum atomic E-state index is -0.243. The minimum Gasteiger partial charge on any atom is -0.495 e. The maximum Gasteiger partial charge on any atom is 0.137 e. The lowest BCUT2D eigenvalue weighted by atomic mass is 10.2. The summed E-state index contributed by atoms with van der Waals surface area (Å²) in [5, 5.41) is 3.77. The first kappa shape index (κ1) is 12.7. The molecule has 0 amide bonds. The van der Waals surface area contributed by atoms with Crippen LogP contribution in [0.5, 0.6) is 5.75 Å². The Hall–Kier alpha value is -1.74. The number of hydrogen-bond donors (Lipinski definition) is 1. The molecule has 1 N–H and O–H groups in total. The maximum atomic E-state index is 12.7. The first-order valence-electron chi connectivity index (χ1n) is 5.51. The van der Waals surface area contributed by atoms with Gasteiger partial charge < -0.3 is 10.1 Å². The molecule has 0 aromatic heterocycles. The fourth-order valence-corrected chi connectivity index (χ4v) is 1.87. The summed E-state index contributed by atoms with van der Waals surface area (Å²) in [6.45, 7) is 0.620. The second-order valence-electron chi connectivity index (χ2n) is 3.83. The highest BCUT2D eigenvalue weighted by molar-refractivity contribution is 6.32. The average Bonchev–Trinajstić information content (AvgIpc) is 2.38. The number of nitrogens with one attached hydrogen (secondary N) is 1. The Morgan fingerprint density at radius 1 is 1.17 bits per heavy atom. The Kier molecular flexibility index (Phi) is 4.05. The molecule has 0 spiro atoms. The van der Waals surface area contributed by atoms with E-state index in [2.05, 4.69) is 5.32 Å². The summed E-state index contributed by atoms with van der Waals surface area (Å²) in [4.78, 5) is 0. The summed E-state index contributed by atoms with van der Waals surface area (Å²) in [5.74, 6) is 0.412. The van der Waals surface area contributed by atoms with Gasteiger partial charge in [-0.25, -0.2) is 4.39 Å². The number of benzene rings is 2. The van der Waals surface area contributed by atoms with Crippen molar-refractivity contribution in [3.63, 3.8) is 0 Å². The molecule has 0 unspecified atom stereocenters. The van der Waals surface area contributed by atoms with E-state index in [1.807, 2.05) is 18.2 Å². The lowest BCUT2D eigenvalue weighted by molar-refractivity contribution is 0.415. The molecule has 0 atom stereocenters. The number of methoxy groups -OCH3 is 1. The standard InChI is InChI=1S/C14H13ClFNO/c1-18-14-7-2-10(8-13(14)15)9-17-12-5-3-11(16)4-6-12/h2-8,17H,9H2,1H3. The molecule has 2 rings (SSSR count). The van der Waals surface area contributed by atoms with E-state index >= 15 is 0 Å². The van der Waals surface area contributed by atoms with E-state index in [1.165, 1.54) is 12.1 Å². The van der Waals surface area contributed by atoms with Crippen LogP contribution in [0.1, 0.15) is 5.56 Å². The molecule has 0 heterocycles. The van der Waals surface area contributed by atoms with E-state index in [1.54, 1.807) is 19.2 Å². The Balaban J connectivity index is 2.02. The summed E-state index contributed by atoms with van der Waals surface area (Å²) in [6.07, 6.45) is 0. The quantitative estimate of drug-likeness (QED) is 0.899. The van der Waals surface area contributed by atoms with Gasteiger partial charge in [-0.1, -0.05) is 17.7 Å². The van der Waals surface area contributed by atoms with Crippen LogP contribution in [0, 0.1) is 5.82 Å². The molecule has 2 nitrogen and oxygen atoms in total. The van der Waals surface area contributed by atoms with Gasteiger partial charge in [-0.15, -0.1) is 0 Å². The maximum absolute atomic E-state index is 12.7. The molecule has 2 aromatic rings. The highest BCUT2D eigenvalue weighted by Gasteiger charge is 2.01. The van der Waals surface area contributed by atoms with Crippen LogP contribution in [0.2, 0.25) is 5.02 Å². The number of rotatable bonds is 4. The van der Waals surface area contributed by atoms with Gasteiger partial charge in [-0.3, -0.25) is 0 Å². The highest BCUT2D eigenvalue weighted by Crippen LogP contribution is 2.25. The molecule has 18 heavy (non-hydrogen) atoms. The molecular formula is C14H13ClFNO. The molecule has 0 saturated heterocycles. The summed E-state index contributed by atoms with van der Waals surface area (Å²) in [6, 6.07) is 11.8. The van der Waals surface area contributed by atoms with Crippen molar-refractivity contribution in [3.8, 4) is 5.75 Å². The zero-order chi connectivity index (χ0) is 13.0. The number of halogens is 2. The first-order chi connectivity index (χ1) is 8.69. The fraction of sp³-hybridized carbons (Fsp3) is 0.143. The molecule has 94 valence electrons. The smallest absolute Gasteiger partial charge is 0.137 e. The van der Waals surface area contributed by atoms with Crippen molar-refractivity contribution in [2.24, 2.45) is 0 Å². The van der Waals surface area contributed by atoms with Crippen LogP contribution in [-0.2, 0) is 6.54 Å². The lowest BCUT2D eigenvalue weighted by Crippen LogP contribution is -1.99. The molecule has 0 saturated carbocycles. The van der Waals surface area contributed by atoms with Crippen molar-refractivity contribution in [2.45, 2.75) is 6.54 Å². The molecule has 4 heteroatoms. The van der Waals surface area contributed by atoms with Crippen LogP contribution in [0.3, 0.4) is 0 Å². The van der Waals surface area contributed by atoms with Crippen molar-refractivity contribution in [1.29, 1.82) is 0 Å². The Morgan fingerprint density at radius 3 is 2.50 bits per heavy atom. The number of anilines is 1. The lowest BCUT2D eigenvalue weighted by Gasteiger charge is -2.08. The Bertz CT molecular complexity index is 528. The summed E-state index contributed by atoms with van der Waals surface area (Å²) < 4.78 is 17.8. The molecule has 0 aliphatic heterocycles. The normalized spacial score (nSPS) is 10.2. The van der Waals surface area contributed by atoms with Gasteiger partial charge in [0.05, 0.1) is 12.1 Å². The predicted octanol–water partition coefficient (Wildman–Crippen LogP) is 4.10. The molecule has 0 aliphatic carbocycles.